The van der Waals surface area contributed by atoms with Crippen molar-refractivity contribution in [3.63, 3.8) is 0 Å². The van der Waals surface area contributed by atoms with Crippen LogP contribution >= 0.6 is 0 Å². The average Bonchev–Trinajstić information content (AvgIpc) is 3.59. The van der Waals surface area contributed by atoms with Gasteiger partial charge in [0, 0.05) is 36.5 Å². The normalized spacial score (nSPS) is 17.7. The van der Waals surface area contributed by atoms with Crippen LogP contribution in [0, 0.1) is 6.92 Å². The van der Waals surface area contributed by atoms with Gasteiger partial charge in [0.15, 0.2) is 6.23 Å². The summed E-state index contributed by atoms with van der Waals surface area (Å²) in [7, 11) is 0. The molecule has 0 spiro atoms. The number of ether oxygens (including phenoxy) is 1. The Morgan fingerprint density at radius 1 is 1.05 bits per heavy atom. The van der Waals surface area contributed by atoms with E-state index in [9.17, 15) is 0 Å². The summed E-state index contributed by atoms with van der Waals surface area (Å²) in [6, 6.07) is 15.1. The van der Waals surface area contributed by atoms with Gasteiger partial charge < -0.3 is 10.1 Å². The van der Waals surface area contributed by atoms with Crippen molar-refractivity contribution in [2.24, 2.45) is 0 Å². The van der Waals surface area contributed by atoms with Crippen LogP contribution in [-0.4, -0.2) is 42.9 Å². The van der Waals surface area contributed by atoms with Gasteiger partial charge in [0.2, 0.25) is 0 Å². The van der Waals surface area contributed by atoms with Crippen molar-refractivity contribution in [1.29, 1.82) is 0 Å². The average molecular weight is 492 g/mol. The molecule has 1 fully saturated rings. The molecule has 0 aliphatic carbocycles. The standard InChI is InChI=1S/C29H29N7O/c1-19-9-11-31-17-25(19)21-6-8-27-24(15-21)29(33-36(27)28-4-2-3-13-37-28)26-18-35(34-32-26)23-7-5-20-10-12-30-16-22(20)14-23/h5-9,11,14-15,17-18,28,30H,2-4,10,12-13,16H2,1H3. The lowest BCUT2D eigenvalue weighted by atomic mass is 10.0. The minimum atomic E-state index is -0.0702. The molecule has 2 aliphatic heterocycles. The van der Waals surface area contributed by atoms with Gasteiger partial charge in [-0.2, -0.15) is 5.10 Å². The smallest absolute Gasteiger partial charge is 0.150 e. The summed E-state index contributed by atoms with van der Waals surface area (Å²) in [5.41, 5.74) is 9.75. The number of pyridine rings is 1. The molecular weight excluding hydrogens is 462 g/mol. The van der Waals surface area contributed by atoms with Crippen LogP contribution in [0.25, 0.3) is 39.1 Å². The van der Waals surface area contributed by atoms with Gasteiger partial charge in [0.1, 0.15) is 11.4 Å². The van der Waals surface area contributed by atoms with Crippen molar-refractivity contribution in [3.05, 3.63) is 77.7 Å². The van der Waals surface area contributed by atoms with Gasteiger partial charge in [-0.05, 0) is 91.7 Å². The second kappa shape index (κ2) is 9.21. The number of hydrogen-bond acceptors (Lipinski definition) is 6. The number of fused-ring (bicyclic) bond motifs is 2. The van der Waals surface area contributed by atoms with E-state index in [-0.39, 0.29) is 6.23 Å². The summed E-state index contributed by atoms with van der Waals surface area (Å²) >= 11 is 0. The molecule has 2 aliphatic rings. The van der Waals surface area contributed by atoms with Crippen LogP contribution in [0.1, 0.15) is 42.2 Å². The van der Waals surface area contributed by atoms with Gasteiger partial charge in [-0.1, -0.05) is 17.3 Å². The van der Waals surface area contributed by atoms with E-state index in [1.807, 2.05) is 34.0 Å². The van der Waals surface area contributed by atoms with Crippen LogP contribution in [0.3, 0.4) is 0 Å². The Morgan fingerprint density at radius 2 is 2.03 bits per heavy atom. The van der Waals surface area contributed by atoms with E-state index in [0.29, 0.717) is 0 Å². The first-order valence-corrected chi connectivity index (χ1v) is 13.0. The second-order valence-corrected chi connectivity index (χ2v) is 9.97. The largest absolute Gasteiger partial charge is 0.356 e. The molecule has 2 aromatic carbocycles. The number of rotatable bonds is 4. The number of aromatic nitrogens is 6. The van der Waals surface area contributed by atoms with E-state index in [0.717, 1.165) is 84.5 Å². The lowest BCUT2D eigenvalue weighted by Gasteiger charge is -2.23. The quantitative estimate of drug-likeness (QED) is 0.381. The van der Waals surface area contributed by atoms with Crippen LogP contribution in [0.2, 0.25) is 0 Å². The third-order valence-electron chi connectivity index (χ3n) is 7.56. The van der Waals surface area contributed by atoms with Crippen LogP contribution in [0.4, 0.5) is 0 Å². The maximum Gasteiger partial charge on any atom is 0.150 e. The highest BCUT2D eigenvalue weighted by molar-refractivity contribution is 5.95. The zero-order chi connectivity index (χ0) is 24.8. The maximum absolute atomic E-state index is 6.13. The summed E-state index contributed by atoms with van der Waals surface area (Å²) in [4.78, 5) is 4.36. The molecule has 8 nitrogen and oxygen atoms in total. The molecular formula is C29H29N7O. The highest BCUT2D eigenvalue weighted by atomic mass is 16.5. The lowest BCUT2D eigenvalue weighted by molar-refractivity contribution is -0.0365. The van der Waals surface area contributed by atoms with Crippen LogP contribution in [0.15, 0.2) is 61.1 Å². The van der Waals surface area contributed by atoms with Crippen molar-refractivity contribution in [2.75, 3.05) is 13.2 Å². The number of benzene rings is 2. The monoisotopic (exact) mass is 491 g/mol. The highest BCUT2D eigenvalue weighted by Crippen LogP contribution is 2.35. The summed E-state index contributed by atoms with van der Waals surface area (Å²) in [5, 5.41) is 18.6. The first-order valence-electron chi connectivity index (χ1n) is 13.0. The molecule has 7 rings (SSSR count). The Kier molecular flexibility index (Phi) is 5.56. The first-order chi connectivity index (χ1) is 18.2. The van der Waals surface area contributed by atoms with Gasteiger partial charge in [0.25, 0.3) is 0 Å². The Balaban J connectivity index is 1.34. The van der Waals surface area contributed by atoms with E-state index in [2.05, 4.69) is 63.9 Å². The number of nitrogens with one attached hydrogen (secondary N) is 1. The molecule has 3 aromatic heterocycles. The molecule has 1 N–H and O–H groups in total. The van der Waals surface area contributed by atoms with Crippen LogP contribution < -0.4 is 5.32 Å². The predicted molar refractivity (Wildman–Crippen MR) is 142 cm³/mol. The van der Waals surface area contributed by atoms with Crippen molar-refractivity contribution < 1.29 is 4.74 Å². The Hall–Kier alpha value is -3.88. The Labute approximate surface area is 215 Å². The third kappa shape index (κ3) is 4.02. The van der Waals surface area contributed by atoms with Gasteiger partial charge in [-0.15, -0.1) is 5.10 Å². The van der Waals surface area contributed by atoms with Crippen molar-refractivity contribution in [3.8, 4) is 28.2 Å². The molecule has 5 aromatic rings. The van der Waals surface area contributed by atoms with Crippen molar-refractivity contribution >= 4 is 10.9 Å². The van der Waals surface area contributed by atoms with Gasteiger partial charge in [-0.3, -0.25) is 4.98 Å². The first kappa shape index (κ1) is 22.3. The second-order valence-electron chi connectivity index (χ2n) is 9.97. The van der Waals surface area contributed by atoms with Gasteiger partial charge in [0.05, 0.1) is 17.4 Å². The van der Waals surface area contributed by atoms with Gasteiger partial charge >= 0.3 is 0 Å². The predicted octanol–water partition coefficient (Wildman–Crippen LogP) is 5.00. The topological polar surface area (TPSA) is 82.7 Å². The molecule has 1 saturated heterocycles. The molecule has 0 bridgehead atoms. The molecule has 0 saturated carbocycles. The fourth-order valence-corrected chi connectivity index (χ4v) is 5.51. The SMILES string of the molecule is Cc1ccncc1-c1ccc2c(c1)c(-c1cn(-c3ccc4c(c3)CNCC4)nn1)nn2C1CCCCO1. The van der Waals surface area contributed by atoms with E-state index in [1.54, 1.807) is 0 Å². The highest BCUT2D eigenvalue weighted by Gasteiger charge is 2.23. The van der Waals surface area contributed by atoms with E-state index >= 15 is 0 Å². The summed E-state index contributed by atoms with van der Waals surface area (Å²) in [5.74, 6) is 0. The van der Waals surface area contributed by atoms with Crippen LogP contribution in [0.5, 0.6) is 0 Å². The summed E-state index contributed by atoms with van der Waals surface area (Å²) in [6.45, 7) is 4.79. The Bertz CT molecular complexity index is 1600. The molecule has 1 atom stereocenters. The molecule has 8 heteroatoms. The minimum Gasteiger partial charge on any atom is -0.356 e. The third-order valence-corrected chi connectivity index (χ3v) is 7.56. The van der Waals surface area contributed by atoms with Gasteiger partial charge in [-0.25, -0.2) is 9.36 Å². The van der Waals surface area contributed by atoms with E-state index in [1.165, 1.54) is 16.7 Å². The number of aryl methyl sites for hydroxylation is 1. The molecule has 1 unspecified atom stereocenters. The molecule has 5 heterocycles. The maximum atomic E-state index is 6.13. The summed E-state index contributed by atoms with van der Waals surface area (Å²) < 4.78 is 10.0. The van der Waals surface area contributed by atoms with E-state index < -0.39 is 0 Å². The summed E-state index contributed by atoms with van der Waals surface area (Å²) in [6.07, 6.45) is 9.91. The molecule has 0 amide bonds. The van der Waals surface area contributed by atoms with E-state index in [4.69, 9.17) is 9.84 Å². The lowest BCUT2D eigenvalue weighted by Crippen LogP contribution is -2.23. The molecule has 37 heavy (non-hydrogen) atoms. The van der Waals surface area contributed by atoms with Crippen LogP contribution in [-0.2, 0) is 17.7 Å². The fourth-order valence-electron chi connectivity index (χ4n) is 5.51. The Morgan fingerprint density at radius 3 is 2.92 bits per heavy atom. The fraction of sp³-hybridized carbons (Fsp3) is 0.310. The number of nitrogens with zero attached hydrogens (tertiary/aromatic N) is 6. The zero-order valence-electron chi connectivity index (χ0n) is 20.9. The number of hydrogen-bond donors (Lipinski definition) is 1. The minimum absolute atomic E-state index is 0.0702. The van der Waals surface area contributed by atoms with Crippen molar-refractivity contribution in [1.82, 2.24) is 35.1 Å². The molecule has 186 valence electrons. The molecule has 0 radical (unpaired) electrons. The van der Waals surface area contributed by atoms with Crippen molar-refractivity contribution in [2.45, 2.75) is 45.4 Å². The zero-order valence-corrected chi connectivity index (χ0v) is 20.9.